The van der Waals surface area contributed by atoms with E-state index >= 15 is 0 Å². The lowest BCUT2D eigenvalue weighted by molar-refractivity contribution is 0.0818. The molecule has 0 amide bonds. The van der Waals surface area contributed by atoms with Gasteiger partial charge in [-0.05, 0) is 43.3 Å². The molecule has 21 heavy (non-hydrogen) atoms. The van der Waals surface area contributed by atoms with Gasteiger partial charge in [0.05, 0.1) is 12.1 Å². The summed E-state index contributed by atoms with van der Waals surface area (Å²) in [6.07, 6.45) is -0.708. The average molecular weight is 309 g/mol. The number of Topliss-reactive ketones (excluding diaryl/α,β-unsaturated/α-hetero) is 1. The summed E-state index contributed by atoms with van der Waals surface area (Å²) in [6.45, 7) is 1.63. The van der Waals surface area contributed by atoms with Gasteiger partial charge in [-0.1, -0.05) is 11.6 Å². The minimum atomic E-state index is -0.708. The molecule has 2 aromatic carbocycles. The predicted octanol–water partition coefficient (Wildman–Crippen LogP) is 4.14. The third kappa shape index (κ3) is 3.73. The zero-order valence-electron chi connectivity index (χ0n) is 11.6. The molecule has 0 aliphatic carbocycles. The first-order valence-electron chi connectivity index (χ1n) is 6.31. The topological polar surface area (TPSA) is 35.5 Å². The summed E-state index contributed by atoms with van der Waals surface area (Å²) in [4.78, 5) is 12.2. The molecule has 2 aromatic rings. The highest BCUT2D eigenvalue weighted by molar-refractivity contribution is 6.30. The number of benzene rings is 2. The highest BCUT2D eigenvalue weighted by Crippen LogP contribution is 2.23. The molecular weight excluding hydrogens is 295 g/mol. The van der Waals surface area contributed by atoms with Crippen LogP contribution in [0.1, 0.15) is 17.3 Å². The molecular formula is C16H14ClFO3. The van der Waals surface area contributed by atoms with Gasteiger partial charge in [0.25, 0.3) is 0 Å². The molecule has 0 aliphatic rings. The van der Waals surface area contributed by atoms with Gasteiger partial charge in [-0.25, -0.2) is 4.39 Å². The van der Waals surface area contributed by atoms with Gasteiger partial charge in [-0.15, -0.1) is 0 Å². The largest absolute Gasteiger partial charge is 0.497 e. The van der Waals surface area contributed by atoms with Crippen LogP contribution in [0.15, 0.2) is 42.5 Å². The highest BCUT2D eigenvalue weighted by atomic mass is 35.5. The van der Waals surface area contributed by atoms with Crippen molar-refractivity contribution < 1.29 is 18.7 Å². The molecule has 2 rings (SSSR count). The number of methoxy groups -OCH3 is 1. The average Bonchev–Trinajstić information content (AvgIpc) is 2.50. The second-order valence-electron chi connectivity index (χ2n) is 4.43. The van der Waals surface area contributed by atoms with E-state index in [1.54, 1.807) is 38.3 Å². The van der Waals surface area contributed by atoms with Crippen LogP contribution in [-0.4, -0.2) is 19.0 Å². The zero-order chi connectivity index (χ0) is 15.4. The Bertz CT molecular complexity index is 640. The van der Waals surface area contributed by atoms with Crippen LogP contribution in [0.25, 0.3) is 0 Å². The van der Waals surface area contributed by atoms with Crippen molar-refractivity contribution in [2.75, 3.05) is 7.11 Å². The monoisotopic (exact) mass is 308 g/mol. The van der Waals surface area contributed by atoms with E-state index in [9.17, 15) is 9.18 Å². The number of hydrogen-bond donors (Lipinski definition) is 0. The molecule has 0 N–H and O–H groups in total. The van der Waals surface area contributed by atoms with Gasteiger partial charge in [0.1, 0.15) is 17.3 Å². The molecule has 110 valence electrons. The first kappa shape index (κ1) is 15.3. The molecule has 0 heterocycles. The number of ether oxygens (including phenoxy) is 2. The second-order valence-corrected chi connectivity index (χ2v) is 4.84. The summed E-state index contributed by atoms with van der Waals surface area (Å²) in [5.74, 6) is 0.303. The normalized spacial score (nSPS) is 11.8. The van der Waals surface area contributed by atoms with E-state index in [2.05, 4.69) is 0 Å². The minimum absolute atomic E-state index is 0.0448. The zero-order valence-corrected chi connectivity index (χ0v) is 12.4. The molecule has 1 unspecified atom stereocenters. The van der Waals surface area contributed by atoms with Crippen molar-refractivity contribution >= 4 is 17.4 Å². The van der Waals surface area contributed by atoms with Gasteiger partial charge in [0.15, 0.2) is 6.10 Å². The molecule has 1 atom stereocenters. The summed E-state index contributed by atoms with van der Waals surface area (Å²) < 4.78 is 23.6. The number of halogens is 2. The summed E-state index contributed by atoms with van der Waals surface area (Å²) >= 11 is 5.67. The van der Waals surface area contributed by atoms with Gasteiger partial charge in [0, 0.05) is 11.6 Å². The Morgan fingerprint density at radius 2 is 1.76 bits per heavy atom. The number of rotatable bonds is 5. The van der Waals surface area contributed by atoms with Crippen LogP contribution in [-0.2, 0) is 0 Å². The van der Waals surface area contributed by atoms with E-state index in [4.69, 9.17) is 21.1 Å². The first-order chi connectivity index (χ1) is 10.0. The first-order valence-corrected chi connectivity index (χ1v) is 6.69. The van der Waals surface area contributed by atoms with E-state index in [0.29, 0.717) is 17.1 Å². The molecule has 3 nitrogen and oxygen atoms in total. The predicted molar refractivity (Wildman–Crippen MR) is 78.8 cm³/mol. The molecule has 0 aromatic heterocycles. The highest BCUT2D eigenvalue weighted by Gasteiger charge is 2.17. The molecule has 0 saturated heterocycles. The Morgan fingerprint density at radius 3 is 2.33 bits per heavy atom. The van der Waals surface area contributed by atoms with Gasteiger partial charge in [-0.2, -0.15) is 0 Å². The molecule has 0 spiro atoms. The van der Waals surface area contributed by atoms with Crippen molar-refractivity contribution in [3.63, 3.8) is 0 Å². The molecule has 0 fully saturated rings. The van der Waals surface area contributed by atoms with Gasteiger partial charge < -0.3 is 9.47 Å². The van der Waals surface area contributed by atoms with Gasteiger partial charge in [0.2, 0.25) is 5.78 Å². The van der Waals surface area contributed by atoms with E-state index in [1.807, 2.05) is 0 Å². The lowest BCUT2D eigenvalue weighted by Gasteiger charge is -2.14. The Hall–Kier alpha value is -2.07. The van der Waals surface area contributed by atoms with Gasteiger partial charge >= 0.3 is 0 Å². The molecule has 5 heteroatoms. The standard InChI is InChI=1S/C16H14ClFO3/c1-10(21-13-7-8-15(18)14(17)9-13)16(19)11-3-5-12(20-2)6-4-11/h3-10H,1-2H3. The van der Waals surface area contributed by atoms with Crippen molar-refractivity contribution in [1.29, 1.82) is 0 Å². The van der Waals surface area contributed by atoms with Crippen LogP contribution in [0.2, 0.25) is 5.02 Å². The van der Waals surface area contributed by atoms with Crippen LogP contribution >= 0.6 is 11.6 Å². The third-order valence-electron chi connectivity index (χ3n) is 2.95. The van der Waals surface area contributed by atoms with Crippen LogP contribution in [0.3, 0.4) is 0 Å². The second kappa shape index (κ2) is 6.59. The van der Waals surface area contributed by atoms with Crippen molar-refractivity contribution in [2.24, 2.45) is 0 Å². The van der Waals surface area contributed by atoms with E-state index < -0.39 is 11.9 Å². The van der Waals surface area contributed by atoms with Crippen molar-refractivity contribution in [2.45, 2.75) is 13.0 Å². The smallest absolute Gasteiger partial charge is 0.202 e. The number of hydrogen-bond acceptors (Lipinski definition) is 3. The summed E-state index contributed by atoms with van der Waals surface area (Å²) in [5, 5.41) is -0.0448. The SMILES string of the molecule is COc1ccc(C(=O)C(C)Oc2ccc(F)c(Cl)c2)cc1. The minimum Gasteiger partial charge on any atom is -0.497 e. The number of carbonyl (C=O) groups is 1. The maximum atomic E-state index is 13.1. The fourth-order valence-electron chi connectivity index (χ4n) is 1.80. The Balaban J connectivity index is 2.09. The maximum absolute atomic E-state index is 13.1. The van der Waals surface area contributed by atoms with Crippen LogP contribution in [0, 0.1) is 5.82 Å². The van der Waals surface area contributed by atoms with E-state index in [1.165, 1.54) is 18.2 Å². The molecule has 0 radical (unpaired) electrons. The Labute approximate surface area is 127 Å². The van der Waals surface area contributed by atoms with Crippen LogP contribution < -0.4 is 9.47 Å². The Kier molecular flexibility index (Phi) is 4.81. The lowest BCUT2D eigenvalue weighted by Crippen LogP contribution is -2.23. The van der Waals surface area contributed by atoms with E-state index in [0.717, 1.165) is 0 Å². The molecule has 0 saturated carbocycles. The fraction of sp³-hybridized carbons (Fsp3) is 0.188. The summed E-state index contributed by atoms with van der Waals surface area (Å²) in [7, 11) is 1.56. The Morgan fingerprint density at radius 1 is 1.14 bits per heavy atom. The van der Waals surface area contributed by atoms with Crippen molar-refractivity contribution in [1.82, 2.24) is 0 Å². The van der Waals surface area contributed by atoms with E-state index in [-0.39, 0.29) is 10.8 Å². The van der Waals surface area contributed by atoms with Crippen LogP contribution in [0.4, 0.5) is 4.39 Å². The molecule has 0 aliphatic heterocycles. The quantitative estimate of drug-likeness (QED) is 0.779. The number of ketones is 1. The van der Waals surface area contributed by atoms with Crippen molar-refractivity contribution in [3.8, 4) is 11.5 Å². The van der Waals surface area contributed by atoms with Crippen LogP contribution in [0.5, 0.6) is 11.5 Å². The maximum Gasteiger partial charge on any atom is 0.202 e. The number of carbonyl (C=O) groups excluding carboxylic acids is 1. The third-order valence-corrected chi connectivity index (χ3v) is 3.24. The van der Waals surface area contributed by atoms with Crippen molar-refractivity contribution in [3.05, 3.63) is 58.9 Å². The van der Waals surface area contributed by atoms with Gasteiger partial charge in [-0.3, -0.25) is 4.79 Å². The fourth-order valence-corrected chi connectivity index (χ4v) is 1.97. The lowest BCUT2D eigenvalue weighted by atomic mass is 10.1. The summed E-state index contributed by atoms with van der Waals surface area (Å²) in [6, 6.07) is 10.7. The summed E-state index contributed by atoms with van der Waals surface area (Å²) in [5.41, 5.74) is 0.511. The molecule has 0 bridgehead atoms.